The normalized spacial score (nSPS) is 21.4. The van der Waals surface area contributed by atoms with Gasteiger partial charge < -0.3 is 20.0 Å². The second kappa shape index (κ2) is 6.13. The first-order valence-electron chi connectivity index (χ1n) is 6.86. The highest BCUT2D eigenvalue weighted by molar-refractivity contribution is 5.83. The maximum absolute atomic E-state index is 12.4. The highest BCUT2D eigenvalue weighted by atomic mass is 16.4. The molecular formula is C15H20N2O4. The second-order valence-electron chi connectivity index (χ2n) is 5.52. The quantitative estimate of drug-likeness (QED) is 0.873. The van der Waals surface area contributed by atoms with Gasteiger partial charge in [-0.05, 0) is 12.5 Å². The first-order chi connectivity index (χ1) is 9.88. The molecule has 1 fully saturated rings. The predicted octanol–water partition coefficient (Wildman–Crippen LogP) is 1.07. The second-order valence-corrected chi connectivity index (χ2v) is 5.52. The van der Waals surface area contributed by atoms with Gasteiger partial charge >= 0.3 is 12.0 Å². The highest BCUT2D eigenvalue weighted by Crippen LogP contribution is 2.20. The zero-order chi connectivity index (χ0) is 15.6. The van der Waals surface area contributed by atoms with E-state index in [-0.39, 0.29) is 19.0 Å². The first-order valence-corrected chi connectivity index (χ1v) is 6.86. The van der Waals surface area contributed by atoms with Crippen molar-refractivity contribution in [3.63, 3.8) is 0 Å². The van der Waals surface area contributed by atoms with E-state index in [0.29, 0.717) is 6.54 Å². The Morgan fingerprint density at radius 1 is 1.43 bits per heavy atom. The molecule has 1 aliphatic heterocycles. The van der Waals surface area contributed by atoms with Crippen molar-refractivity contribution in [2.75, 3.05) is 13.6 Å². The van der Waals surface area contributed by atoms with E-state index < -0.39 is 18.1 Å². The maximum atomic E-state index is 12.4. The number of aliphatic carboxylic acids is 1. The molecule has 0 radical (unpaired) electrons. The van der Waals surface area contributed by atoms with Gasteiger partial charge in [0.1, 0.15) is 6.04 Å². The predicted molar refractivity (Wildman–Crippen MR) is 76.8 cm³/mol. The summed E-state index contributed by atoms with van der Waals surface area (Å²) in [7, 11) is 1.63. The number of carboxylic acid groups (broad SMARTS) is 1. The van der Waals surface area contributed by atoms with Crippen LogP contribution in [-0.4, -0.2) is 57.8 Å². The Morgan fingerprint density at radius 3 is 2.76 bits per heavy atom. The fourth-order valence-electron chi connectivity index (χ4n) is 2.63. The number of likely N-dealkylation sites (tertiary alicyclic amines) is 1. The van der Waals surface area contributed by atoms with Crippen LogP contribution in [0.15, 0.2) is 24.3 Å². The molecule has 0 aliphatic carbocycles. The fraction of sp³-hybridized carbons (Fsp3) is 0.467. The summed E-state index contributed by atoms with van der Waals surface area (Å²) >= 11 is 0. The van der Waals surface area contributed by atoms with Crippen LogP contribution in [0.2, 0.25) is 0 Å². The Balaban J connectivity index is 2.06. The van der Waals surface area contributed by atoms with E-state index in [1.54, 1.807) is 7.05 Å². The zero-order valence-electron chi connectivity index (χ0n) is 12.2. The minimum Gasteiger partial charge on any atom is -0.480 e. The lowest BCUT2D eigenvalue weighted by Crippen LogP contribution is -2.46. The summed E-state index contributed by atoms with van der Waals surface area (Å²) < 4.78 is 0. The number of β-amino-alcohol motifs (C(OH)–C–C–N with tert-alkyl or cyclic N) is 1. The molecule has 2 amide bonds. The fourth-order valence-corrected chi connectivity index (χ4v) is 2.63. The van der Waals surface area contributed by atoms with Crippen LogP contribution in [0.4, 0.5) is 4.79 Å². The monoisotopic (exact) mass is 292 g/mol. The number of nitrogens with zero attached hydrogens (tertiary/aromatic N) is 2. The van der Waals surface area contributed by atoms with E-state index in [0.717, 1.165) is 11.1 Å². The minimum atomic E-state index is -1.08. The summed E-state index contributed by atoms with van der Waals surface area (Å²) in [6, 6.07) is 6.47. The van der Waals surface area contributed by atoms with Gasteiger partial charge in [-0.3, -0.25) is 0 Å². The number of hydrogen-bond acceptors (Lipinski definition) is 3. The molecule has 6 nitrogen and oxygen atoms in total. The Labute approximate surface area is 123 Å². The number of hydrogen-bond donors (Lipinski definition) is 2. The molecular weight excluding hydrogens is 272 g/mol. The lowest BCUT2D eigenvalue weighted by atomic mass is 10.1. The van der Waals surface area contributed by atoms with E-state index >= 15 is 0 Å². The molecule has 2 rings (SSSR count). The van der Waals surface area contributed by atoms with Crippen LogP contribution in [-0.2, 0) is 11.3 Å². The van der Waals surface area contributed by atoms with Crippen molar-refractivity contribution >= 4 is 12.0 Å². The van der Waals surface area contributed by atoms with Crippen LogP contribution in [0.25, 0.3) is 0 Å². The number of carboxylic acids is 1. The molecule has 0 saturated carbocycles. The van der Waals surface area contributed by atoms with Gasteiger partial charge in [0.2, 0.25) is 0 Å². The van der Waals surface area contributed by atoms with Gasteiger partial charge in [0, 0.05) is 26.6 Å². The Kier molecular flexibility index (Phi) is 4.47. The standard InChI is InChI=1S/C15H20N2O4/c1-10-4-3-5-11(6-10)8-16(2)15(21)17-9-12(18)7-13(17)14(19)20/h3-6,12-13,18H,7-9H2,1-2H3,(H,19,20)/t12-,13-/m1/s1. The summed E-state index contributed by atoms with van der Waals surface area (Å²) in [5.41, 5.74) is 2.09. The van der Waals surface area contributed by atoms with Crippen LogP contribution < -0.4 is 0 Å². The molecule has 0 unspecified atom stereocenters. The number of urea groups is 1. The van der Waals surface area contributed by atoms with E-state index in [1.807, 2.05) is 31.2 Å². The van der Waals surface area contributed by atoms with Crippen LogP contribution in [0.3, 0.4) is 0 Å². The average molecular weight is 292 g/mol. The molecule has 1 aromatic rings. The van der Waals surface area contributed by atoms with Crippen molar-refractivity contribution in [1.29, 1.82) is 0 Å². The summed E-state index contributed by atoms with van der Waals surface area (Å²) in [4.78, 5) is 26.2. The number of aryl methyl sites for hydroxylation is 1. The van der Waals surface area contributed by atoms with E-state index in [1.165, 1.54) is 9.80 Å². The van der Waals surface area contributed by atoms with Gasteiger partial charge in [-0.25, -0.2) is 9.59 Å². The number of benzene rings is 1. The van der Waals surface area contributed by atoms with Crippen LogP contribution in [0.5, 0.6) is 0 Å². The van der Waals surface area contributed by atoms with Crippen molar-refractivity contribution < 1.29 is 19.8 Å². The average Bonchev–Trinajstić information content (AvgIpc) is 2.80. The highest BCUT2D eigenvalue weighted by Gasteiger charge is 2.39. The van der Waals surface area contributed by atoms with Gasteiger partial charge in [-0.15, -0.1) is 0 Å². The molecule has 2 N–H and O–H groups in total. The lowest BCUT2D eigenvalue weighted by molar-refractivity contribution is -0.141. The maximum Gasteiger partial charge on any atom is 0.326 e. The van der Waals surface area contributed by atoms with Gasteiger partial charge in [0.15, 0.2) is 0 Å². The van der Waals surface area contributed by atoms with Gasteiger partial charge in [-0.1, -0.05) is 29.8 Å². The number of carbonyl (C=O) groups excluding carboxylic acids is 1. The third-order valence-corrected chi connectivity index (χ3v) is 3.64. The summed E-state index contributed by atoms with van der Waals surface area (Å²) in [5, 5.41) is 18.7. The molecule has 0 bridgehead atoms. The minimum absolute atomic E-state index is 0.0634. The summed E-state index contributed by atoms with van der Waals surface area (Å²) in [6.07, 6.45) is -0.693. The third-order valence-electron chi connectivity index (χ3n) is 3.64. The van der Waals surface area contributed by atoms with Crippen molar-refractivity contribution in [3.05, 3.63) is 35.4 Å². The third kappa shape index (κ3) is 3.52. The smallest absolute Gasteiger partial charge is 0.326 e. The van der Waals surface area contributed by atoms with E-state index in [2.05, 4.69) is 0 Å². The first kappa shape index (κ1) is 15.3. The SMILES string of the molecule is Cc1cccc(CN(C)C(=O)N2C[C@H](O)C[C@@H]2C(=O)O)c1. The molecule has 114 valence electrons. The molecule has 0 spiro atoms. The number of carbonyl (C=O) groups is 2. The van der Waals surface area contributed by atoms with E-state index in [4.69, 9.17) is 5.11 Å². The van der Waals surface area contributed by atoms with Gasteiger partial charge in [0.05, 0.1) is 6.10 Å². The number of aliphatic hydroxyl groups excluding tert-OH is 1. The molecule has 1 saturated heterocycles. The molecule has 1 aliphatic rings. The Hall–Kier alpha value is -2.08. The number of aliphatic hydroxyl groups is 1. The summed E-state index contributed by atoms with van der Waals surface area (Å²) in [5.74, 6) is -1.08. The molecule has 1 heterocycles. The topological polar surface area (TPSA) is 81.1 Å². The number of amides is 2. The van der Waals surface area contributed by atoms with Crippen LogP contribution in [0, 0.1) is 6.92 Å². The van der Waals surface area contributed by atoms with Gasteiger partial charge in [-0.2, -0.15) is 0 Å². The van der Waals surface area contributed by atoms with Gasteiger partial charge in [0.25, 0.3) is 0 Å². The largest absolute Gasteiger partial charge is 0.480 e. The molecule has 2 atom stereocenters. The summed E-state index contributed by atoms with van der Waals surface area (Å²) in [6.45, 7) is 2.44. The number of rotatable bonds is 3. The van der Waals surface area contributed by atoms with Crippen molar-refractivity contribution in [1.82, 2.24) is 9.80 Å². The van der Waals surface area contributed by atoms with Crippen molar-refractivity contribution in [2.45, 2.75) is 32.0 Å². The van der Waals surface area contributed by atoms with E-state index in [9.17, 15) is 14.7 Å². The molecule has 21 heavy (non-hydrogen) atoms. The lowest BCUT2D eigenvalue weighted by Gasteiger charge is -2.27. The van der Waals surface area contributed by atoms with Crippen LogP contribution in [0.1, 0.15) is 17.5 Å². The van der Waals surface area contributed by atoms with Crippen molar-refractivity contribution in [3.8, 4) is 0 Å². The Morgan fingerprint density at radius 2 is 2.14 bits per heavy atom. The van der Waals surface area contributed by atoms with Crippen molar-refractivity contribution in [2.24, 2.45) is 0 Å². The Bertz CT molecular complexity index is 546. The molecule has 1 aromatic carbocycles. The van der Waals surface area contributed by atoms with Crippen LogP contribution >= 0.6 is 0 Å². The zero-order valence-corrected chi connectivity index (χ0v) is 12.2. The molecule has 0 aromatic heterocycles. The molecule has 6 heteroatoms.